The van der Waals surface area contributed by atoms with Gasteiger partial charge >= 0.3 is 6.03 Å². The zero-order valence-corrected chi connectivity index (χ0v) is 13.0. The molecular weight excluding hydrogens is 278 g/mol. The largest absolute Gasteiger partial charge is 0.508 e. The van der Waals surface area contributed by atoms with Gasteiger partial charge in [0.1, 0.15) is 5.75 Å². The first-order valence-electron chi connectivity index (χ1n) is 8.32. The molecule has 1 saturated heterocycles. The molecule has 22 heavy (non-hydrogen) atoms. The van der Waals surface area contributed by atoms with Crippen molar-refractivity contribution in [2.45, 2.75) is 38.1 Å². The molecule has 5 heteroatoms. The number of phenolic OH excluding ortho intramolecular Hbond substituents is 1. The zero-order chi connectivity index (χ0) is 15.4. The van der Waals surface area contributed by atoms with Gasteiger partial charge in [0.05, 0.1) is 0 Å². The summed E-state index contributed by atoms with van der Waals surface area (Å²) in [7, 11) is 0. The molecule has 1 aromatic rings. The second kappa shape index (κ2) is 6.90. The Kier molecular flexibility index (Phi) is 4.71. The summed E-state index contributed by atoms with van der Waals surface area (Å²) in [6.45, 7) is 3.07. The van der Waals surface area contributed by atoms with E-state index >= 15 is 0 Å². The molecule has 0 atom stereocenters. The minimum Gasteiger partial charge on any atom is -0.508 e. The van der Waals surface area contributed by atoms with Crippen molar-refractivity contribution < 1.29 is 9.90 Å². The molecule has 2 amide bonds. The standard InChI is InChI=1S/C17H25N3O2/c21-16-8-4-7-15(13-16)19-9-11-20(12-10-19)17(22)18-14-5-2-1-3-6-14/h4,7-8,13-14,21H,1-3,5-6,9-12H2,(H,18,22). The molecule has 1 saturated carbocycles. The predicted molar refractivity (Wildman–Crippen MR) is 87.3 cm³/mol. The summed E-state index contributed by atoms with van der Waals surface area (Å²) in [6.07, 6.45) is 6.01. The molecule has 1 aliphatic heterocycles. The number of hydrogen-bond acceptors (Lipinski definition) is 3. The SMILES string of the molecule is O=C(NC1CCCCC1)N1CCN(c2cccc(O)c2)CC1. The van der Waals surface area contributed by atoms with Crippen LogP contribution < -0.4 is 10.2 Å². The van der Waals surface area contributed by atoms with Crippen molar-refractivity contribution in [2.24, 2.45) is 0 Å². The summed E-state index contributed by atoms with van der Waals surface area (Å²) in [5.74, 6) is 0.287. The fourth-order valence-corrected chi connectivity index (χ4v) is 3.37. The molecule has 5 nitrogen and oxygen atoms in total. The van der Waals surface area contributed by atoms with Crippen molar-refractivity contribution in [2.75, 3.05) is 31.1 Å². The second-order valence-electron chi connectivity index (χ2n) is 6.28. The van der Waals surface area contributed by atoms with Gasteiger partial charge < -0.3 is 20.2 Å². The number of anilines is 1. The zero-order valence-electron chi connectivity index (χ0n) is 13.0. The average Bonchev–Trinajstić information content (AvgIpc) is 2.56. The van der Waals surface area contributed by atoms with E-state index in [1.54, 1.807) is 12.1 Å². The number of phenols is 1. The average molecular weight is 303 g/mol. The van der Waals surface area contributed by atoms with E-state index in [4.69, 9.17) is 0 Å². The number of hydrogen-bond donors (Lipinski definition) is 2. The number of aromatic hydroxyl groups is 1. The maximum atomic E-state index is 12.3. The van der Waals surface area contributed by atoms with Gasteiger partial charge in [-0.05, 0) is 25.0 Å². The van der Waals surface area contributed by atoms with E-state index in [0.29, 0.717) is 6.04 Å². The topological polar surface area (TPSA) is 55.8 Å². The Morgan fingerprint density at radius 1 is 1.09 bits per heavy atom. The van der Waals surface area contributed by atoms with Crippen LogP contribution in [0.15, 0.2) is 24.3 Å². The van der Waals surface area contributed by atoms with Crippen molar-refractivity contribution in [1.82, 2.24) is 10.2 Å². The lowest BCUT2D eigenvalue weighted by Crippen LogP contribution is -2.53. The van der Waals surface area contributed by atoms with E-state index in [1.165, 1.54) is 19.3 Å². The second-order valence-corrected chi connectivity index (χ2v) is 6.28. The maximum absolute atomic E-state index is 12.3. The lowest BCUT2D eigenvalue weighted by molar-refractivity contribution is 0.186. The molecule has 0 bridgehead atoms. The number of urea groups is 1. The number of amides is 2. The number of benzene rings is 1. The number of carbonyl (C=O) groups excluding carboxylic acids is 1. The number of piperazine rings is 1. The molecule has 0 radical (unpaired) electrons. The Bertz CT molecular complexity index is 506. The molecule has 3 rings (SSSR count). The van der Waals surface area contributed by atoms with Crippen LogP contribution in [0.2, 0.25) is 0 Å². The Labute approximate surface area is 131 Å². The lowest BCUT2D eigenvalue weighted by Gasteiger charge is -2.37. The van der Waals surface area contributed by atoms with Crippen LogP contribution in [0.4, 0.5) is 10.5 Å². The van der Waals surface area contributed by atoms with Crippen LogP contribution in [-0.4, -0.2) is 48.3 Å². The van der Waals surface area contributed by atoms with Crippen LogP contribution in [0, 0.1) is 0 Å². The minimum absolute atomic E-state index is 0.0856. The van der Waals surface area contributed by atoms with E-state index in [9.17, 15) is 9.90 Å². The van der Waals surface area contributed by atoms with Crippen LogP contribution in [-0.2, 0) is 0 Å². The number of nitrogens with zero attached hydrogens (tertiary/aromatic N) is 2. The third-order valence-corrected chi connectivity index (χ3v) is 4.69. The van der Waals surface area contributed by atoms with Gasteiger partial charge in [-0.25, -0.2) is 4.79 Å². The first-order chi connectivity index (χ1) is 10.7. The van der Waals surface area contributed by atoms with E-state index < -0.39 is 0 Å². The van der Waals surface area contributed by atoms with Crippen molar-refractivity contribution in [3.05, 3.63) is 24.3 Å². The van der Waals surface area contributed by atoms with E-state index in [0.717, 1.165) is 44.7 Å². The molecule has 0 spiro atoms. The molecule has 0 unspecified atom stereocenters. The van der Waals surface area contributed by atoms with Crippen molar-refractivity contribution in [3.63, 3.8) is 0 Å². The molecule has 1 aromatic carbocycles. The third-order valence-electron chi connectivity index (χ3n) is 4.69. The highest BCUT2D eigenvalue weighted by Gasteiger charge is 2.24. The number of carbonyl (C=O) groups is 1. The van der Waals surface area contributed by atoms with Crippen LogP contribution in [0.5, 0.6) is 5.75 Å². The number of rotatable bonds is 2. The summed E-state index contributed by atoms with van der Waals surface area (Å²) >= 11 is 0. The first kappa shape index (κ1) is 15.0. The van der Waals surface area contributed by atoms with Crippen molar-refractivity contribution in [1.29, 1.82) is 0 Å². The maximum Gasteiger partial charge on any atom is 0.317 e. The lowest BCUT2D eigenvalue weighted by atomic mass is 9.96. The van der Waals surface area contributed by atoms with Crippen LogP contribution >= 0.6 is 0 Å². The van der Waals surface area contributed by atoms with Gasteiger partial charge in [-0.2, -0.15) is 0 Å². The first-order valence-corrected chi connectivity index (χ1v) is 8.32. The minimum atomic E-state index is 0.0856. The van der Waals surface area contributed by atoms with Gasteiger partial charge in [-0.1, -0.05) is 25.3 Å². The molecule has 0 aromatic heterocycles. The smallest absolute Gasteiger partial charge is 0.317 e. The predicted octanol–water partition coefficient (Wildman–Crippen LogP) is 2.56. The Morgan fingerprint density at radius 3 is 2.50 bits per heavy atom. The fraction of sp³-hybridized carbons (Fsp3) is 0.588. The van der Waals surface area contributed by atoms with Crippen LogP contribution in [0.1, 0.15) is 32.1 Å². The highest BCUT2D eigenvalue weighted by atomic mass is 16.3. The van der Waals surface area contributed by atoms with Crippen LogP contribution in [0.3, 0.4) is 0 Å². The normalized spacial score (nSPS) is 20.0. The highest BCUT2D eigenvalue weighted by Crippen LogP contribution is 2.22. The highest BCUT2D eigenvalue weighted by molar-refractivity contribution is 5.75. The summed E-state index contributed by atoms with van der Waals surface area (Å²) in [5.41, 5.74) is 1.02. The Balaban J connectivity index is 1.49. The summed E-state index contributed by atoms with van der Waals surface area (Å²) < 4.78 is 0. The van der Waals surface area contributed by atoms with Gasteiger partial charge in [-0.15, -0.1) is 0 Å². The molecule has 120 valence electrons. The summed E-state index contributed by atoms with van der Waals surface area (Å²) in [4.78, 5) is 16.4. The molecule has 2 fully saturated rings. The van der Waals surface area contributed by atoms with Gasteiger partial charge in [0, 0.05) is 44.0 Å². The Morgan fingerprint density at radius 2 is 1.82 bits per heavy atom. The van der Waals surface area contributed by atoms with E-state index in [2.05, 4.69) is 10.2 Å². The number of nitrogens with one attached hydrogen (secondary N) is 1. The molecule has 1 heterocycles. The third kappa shape index (κ3) is 3.64. The van der Waals surface area contributed by atoms with Gasteiger partial charge in [-0.3, -0.25) is 0 Å². The Hall–Kier alpha value is -1.91. The van der Waals surface area contributed by atoms with Gasteiger partial charge in [0.15, 0.2) is 0 Å². The van der Waals surface area contributed by atoms with E-state index in [-0.39, 0.29) is 11.8 Å². The van der Waals surface area contributed by atoms with Gasteiger partial charge in [0.25, 0.3) is 0 Å². The summed E-state index contributed by atoms with van der Waals surface area (Å²) in [5, 5.41) is 12.7. The van der Waals surface area contributed by atoms with Gasteiger partial charge in [0.2, 0.25) is 0 Å². The summed E-state index contributed by atoms with van der Waals surface area (Å²) in [6, 6.07) is 7.76. The quantitative estimate of drug-likeness (QED) is 0.883. The van der Waals surface area contributed by atoms with Crippen LogP contribution in [0.25, 0.3) is 0 Å². The van der Waals surface area contributed by atoms with Crippen molar-refractivity contribution >= 4 is 11.7 Å². The molecule has 2 aliphatic rings. The fourth-order valence-electron chi connectivity index (χ4n) is 3.37. The van der Waals surface area contributed by atoms with Crippen molar-refractivity contribution in [3.8, 4) is 5.75 Å². The monoisotopic (exact) mass is 303 g/mol. The van der Waals surface area contributed by atoms with E-state index in [1.807, 2.05) is 17.0 Å². The molecular formula is C17H25N3O2. The molecule has 2 N–H and O–H groups in total. The molecule has 1 aliphatic carbocycles.